The summed E-state index contributed by atoms with van der Waals surface area (Å²) < 4.78 is 0. The molecule has 1 aliphatic heterocycles. The lowest BCUT2D eigenvalue weighted by atomic mass is 9.98. The predicted molar refractivity (Wildman–Crippen MR) is 78.5 cm³/mol. The molecule has 0 bridgehead atoms. The lowest BCUT2D eigenvalue weighted by molar-refractivity contribution is -0.143. The minimum Gasteiger partial charge on any atom is -0.508 e. The van der Waals surface area contributed by atoms with Gasteiger partial charge in [0.25, 0.3) is 0 Å². The zero-order chi connectivity index (χ0) is 15.1. The Morgan fingerprint density at radius 3 is 2.90 bits per heavy atom. The molecule has 1 heterocycles. The molecule has 0 radical (unpaired) electrons. The number of rotatable bonds is 6. The molecule has 1 aliphatic rings. The number of hydrogen-bond donors (Lipinski definition) is 2. The lowest BCUT2D eigenvalue weighted by Crippen LogP contribution is -2.40. The third kappa shape index (κ3) is 5.07. The number of oxime groups is 1. The zero-order valence-electron chi connectivity index (χ0n) is 11.8. The van der Waals surface area contributed by atoms with Gasteiger partial charge in [-0.15, -0.1) is 0 Å². The molecule has 0 spiro atoms. The average Bonchev–Trinajstić information content (AvgIpc) is 2.49. The normalized spacial score (nSPS) is 19.7. The summed E-state index contributed by atoms with van der Waals surface area (Å²) in [5.74, 6) is -0.767. The first-order valence-corrected chi connectivity index (χ1v) is 7.04. The van der Waals surface area contributed by atoms with Gasteiger partial charge in [-0.2, -0.15) is 0 Å². The van der Waals surface area contributed by atoms with Gasteiger partial charge in [0.1, 0.15) is 12.4 Å². The molecule has 6 heteroatoms. The van der Waals surface area contributed by atoms with Crippen molar-refractivity contribution in [3.05, 3.63) is 29.8 Å². The molecular weight excluding hydrogens is 272 g/mol. The minimum absolute atomic E-state index is 0.214. The SMILES string of the molecule is O=C(O)C1CCCN(CCO/N=C/c2ccc(O)cc2)C1. The van der Waals surface area contributed by atoms with Crippen LogP contribution in [0.2, 0.25) is 0 Å². The highest BCUT2D eigenvalue weighted by atomic mass is 16.6. The summed E-state index contributed by atoms with van der Waals surface area (Å²) in [6, 6.07) is 6.65. The Labute approximate surface area is 123 Å². The second kappa shape index (κ2) is 7.64. The van der Waals surface area contributed by atoms with E-state index in [2.05, 4.69) is 10.1 Å². The van der Waals surface area contributed by atoms with E-state index in [1.807, 2.05) is 0 Å². The number of carboxylic acids is 1. The number of nitrogens with zero attached hydrogens (tertiary/aromatic N) is 2. The summed E-state index contributed by atoms with van der Waals surface area (Å²) in [7, 11) is 0. The van der Waals surface area contributed by atoms with Crippen LogP contribution in [0.4, 0.5) is 0 Å². The van der Waals surface area contributed by atoms with E-state index in [1.54, 1.807) is 30.5 Å². The molecule has 1 fully saturated rings. The van der Waals surface area contributed by atoms with Gasteiger partial charge in [-0.05, 0) is 49.2 Å². The van der Waals surface area contributed by atoms with Crippen LogP contribution in [-0.4, -0.2) is 53.5 Å². The summed E-state index contributed by atoms with van der Waals surface area (Å²) in [4.78, 5) is 18.2. The molecule has 1 saturated heterocycles. The Morgan fingerprint density at radius 2 is 2.19 bits per heavy atom. The summed E-state index contributed by atoms with van der Waals surface area (Å²) in [6.45, 7) is 2.60. The van der Waals surface area contributed by atoms with Crippen molar-refractivity contribution >= 4 is 12.2 Å². The van der Waals surface area contributed by atoms with Crippen molar-refractivity contribution in [2.75, 3.05) is 26.2 Å². The van der Waals surface area contributed by atoms with Crippen LogP contribution >= 0.6 is 0 Å². The molecule has 0 aliphatic carbocycles. The maximum absolute atomic E-state index is 11.0. The standard InChI is InChI=1S/C15H20N2O4/c18-14-5-3-12(4-6-14)10-16-21-9-8-17-7-1-2-13(11-17)15(19)20/h3-6,10,13,18H,1-2,7-9,11H2,(H,19,20)/b16-10+. The third-order valence-electron chi connectivity index (χ3n) is 3.52. The number of benzene rings is 1. The van der Waals surface area contributed by atoms with E-state index in [9.17, 15) is 4.79 Å². The first-order chi connectivity index (χ1) is 10.1. The second-order valence-corrected chi connectivity index (χ2v) is 5.14. The van der Waals surface area contributed by atoms with E-state index in [1.165, 1.54) is 0 Å². The summed E-state index contributed by atoms with van der Waals surface area (Å²) in [5, 5.41) is 22.0. The van der Waals surface area contributed by atoms with Gasteiger partial charge in [0, 0.05) is 13.1 Å². The molecule has 0 saturated carbocycles. The van der Waals surface area contributed by atoms with Crippen LogP contribution in [0.1, 0.15) is 18.4 Å². The number of aliphatic carboxylic acids is 1. The molecular formula is C15H20N2O4. The van der Waals surface area contributed by atoms with Gasteiger partial charge < -0.3 is 15.1 Å². The van der Waals surface area contributed by atoms with Crippen molar-refractivity contribution in [2.24, 2.45) is 11.1 Å². The Hall–Kier alpha value is -2.08. The van der Waals surface area contributed by atoms with E-state index in [0.717, 1.165) is 24.9 Å². The number of phenols is 1. The van der Waals surface area contributed by atoms with Crippen molar-refractivity contribution < 1.29 is 19.8 Å². The molecule has 1 aromatic rings. The maximum Gasteiger partial charge on any atom is 0.307 e. The third-order valence-corrected chi connectivity index (χ3v) is 3.52. The Bertz CT molecular complexity index is 487. The smallest absolute Gasteiger partial charge is 0.307 e. The molecule has 0 amide bonds. The molecule has 21 heavy (non-hydrogen) atoms. The van der Waals surface area contributed by atoms with Gasteiger partial charge in [0.15, 0.2) is 0 Å². The highest BCUT2D eigenvalue weighted by Crippen LogP contribution is 2.16. The van der Waals surface area contributed by atoms with Crippen LogP contribution in [0.25, 0.3) is 0 Å². The summed E-state index contributed by atoms with van der Waals surface area (Å²) >= 11 is 0. The molecule has 114 valence electrons. The van der Waals surface area contributed by atoms with E-state index in [4.69, 9.17) is 15.1 Å². The first-order valence-electron chi connectivity index (χ1n) is 7.04. The van der Waals surface area contributed by atoms with Gasteiger partial charge in [-0.1, -0.05) is 5.16 Å². The quantitative estimate of drug-likeness (QED) is 0.472. The van der Waals surface area contributed by atoms with Gasteiger partial charge in [0.05, 0.1) is 12.1 Å². The highest BCUT2D eigenvalue weighted by molar-refractivity contribution is 5.79. The second-order valence-electron chi connectivity index (χ2n) is 5.14. The van der Waals surface area contributed by atoms with E-state index >= 15 is 0 Å². The Kier molecular flexibility index (Phi) is 5.57. The van der Waals surface area contributed by atoms with E-state index in [0.29, 0.717) is 19.7 Å². The van der Waals surface area contributed by atoms with Crippen LogP contribution in [-0.2, 0) is 9.63 Å². The van der Waals surface area contributed by atoms with Crippen molar-refractivity contribution in [3.63, 3.8) is 0 Å². The first kappa shape index (κ1) is 15.3. The van der Waals surface area contributed by atoms with Crippen molar-refractivity contribution in [2.45, 2.75) is 12.8 Å². The molecule has 0 aromatic heterocycles. The number of carbonyl (C=O) groups is 1. The van der Waals surface area contributed by atoms with Crippen molar-refractivity contribution in [3.8, 4) is 5.75 Å². The Balaban J connectivity index is 1.67. The van der Waals surface area contributed by atoms with Crippen LogP contribution in [0.15, 0.2) is 29.4 Å². The molecule has 1 atom stereocenters. The van der Waals surface area contributed by atoms with Gasteiger partial charge in [-0.3, -0.25) is 9.69 Å². The molecule has 1 unspecified atom stereocenters. The van der Waals surface area contributed by atoms with Crippen molar-refractivity contribution in [1.29, 1.82) is 0 Å². The molecule has 2 N–H and O–H groups in total. The highest BCUT2D eigenvalue weighted by Gasteiger charge is 2.24. The number of aromatic hydroxyl groups is 1. The largest absolute Gasteiger partial charge is 0.508 e. The van der Waals surface area contributed by atoms with E-state index < -0.39 is 5.97 Å². The molecule has 2 rings (SSSR count). The molecule has 1 aromatic carbocycles. The lowest BCUT2D eigenvalue weighted by Gasteiger charge is -2.29. The molecule has 6 nitrogen and oxygen atoms in total. The van der Waals surface area contributed by atoms with Crippen LogP contribution < -0.4 is 0 Å². The summed E-state index contributed by atoms with van der Waals surface area (Å²) in [6.07, 6.45) is 3.25. The number of phenolic OH excluding ortho intramolecular Hbond substituents is 1. The van der Waals surface area contributed by atoms with Gasteiger partial charge >= 0.3 is 5.97 Å². The van der Waals surface area contributed by atoms with Crippen LogP contribution in [0.3, 0.4) is 0 Å². The number of hydrogen-bond acceptors (Lipinski definition) is 5. The maximum atomic E-state index is 11.0. The average molecular weight is 292 g/mol. The minimum atomic E-state index is -0.717. The van der Waals surface area contributed by atoms with Crippen LogP contribution in [0, 0.1) is 5.92 Å². The number of piperidine rings is 1. The van der Waals surface area contributed by atoms with Gasteiger partial charge in [-0.25, -0.2) is 0 Å². The Morgan fingerprint density at radius 1 is 1.43 bits per heavy atom. The van der Waals surface area contributed by atoms with E-state index in [-0.39, 0.29) is 11.7 Å². The number of likely N-dealkylation sites (tertiary alicyclic amines) is 1. The fourth-order valence-electron chi connectivity index (χ4n) is 2.34. The topological polar surface area (TPSA) is 82.4 Å². The summed E-state index contributed by atoms with van der Waals surface area (Å²) in [5.41, 5.74) is 0.844. The number of carboxylic acid groups (broad SMARTS) is 1. The predicted octanol–water partition coefficient (Wildman–Crippen LogP) is 1.54. The van der Waals surface area contributed by atoms with Crippen molar-refractivity contribution in [1.82, 2.24) is 4.90 Å². The van der Waals surface area contributed by atoms with Crippen LogP contribution in [0.5, 0.6) is 5.75 Å². The fourth-order valence-corrected chi connectivity index (χ4v) is 2.34. The fraction of sp³-hybridized carbons (Fsp3) is 0.467. The van der Waals surface area contributed by atoms with Gasteiger partial charge in [0.2, 0.25) is 0 Å². The monoisotopic (exact) mass is 292 g/mol. The zero-order valence-corrected chi connectivity index (χ0v) is 11.8.